The van der Waals surface area contributed by atoms with Gasteiger partial charge in [0.05, 0.1) is 6.42 Å². The summed E-state index contributed by atoms with van der Waals surface area (Å²) in [5.74, 6) is -1.31. The summed E-state index contributed by atoms with van der Waals surface area (Å²) in [6, 6.07) is -1.16. The van der Waals surface area contributed by atoms with Crippen LogP contribution in [0, 0.1) is 0 Å². The average Bonchev–Trinajstić information content (AvgIpc) is 2.45. The average molecular weight is 351 g/mol. The molecule has 0 saturated heterocycles. The fourth-order valence-corrected chi connectivity index (χ4v) is 1.97. The summed E-state index contributed by atoms with van der Waals surface area (Å²) in [5.41, 5.74) is 10.6. The van der Waals surface area contributed by atoms with E-state index in [0.717, 1.165) is 32.1 Å². The molecule has 3 amide bonds. The minimum Gasteiger partial charge on any atom is -0.370 e. The molecule has 0 aliphatic carbocycles. The van der Waals surface area contributed by atoms with Gasteiger partial charge in [-0.1, -0.05) is 32.6 Å². The summed E-state index contributed by atoms with van der Waals surface area (Å²) < 4.78 is 0. The largest absolute Gasteiger partial charge is 0.370 e. The molecule has 6 N–H and O–H groups in total. The number of carbonyl (C=O) groups is 3. The summed E-state index contributed by atoms with van der Waals surface area (Å²) in [6.07, 6.45) is 5.29. The Labute approximate surface area is 144 Å². The highest BCUT2D eigenvalue weighted by Gasteiger charge is 2.23. The Bertz CT molecular complexity index is 367. The maximum absolute atomic E-state index is 12.0. The third kappa shape index (κ3) is 12.9. The molecule has 8 heteroatoms. The Morgan fingerprint density at radius 1 is 1.04 bits per heavy atom. The standard InChI is InChI=1S/C15H30N4O3.ClH/c1-3-4-5-6-7-8-14(21)19-12(9-13(17)20)15(22)18-11(2)10-16;/h11-12H,3-10,16H2,1-2H3,(H2,17,20)(H,18,22)(H,19,21);1H. The van der Waals surface area contributed by atoms with Crippen molar-refractivity contribution < 1.29 is 14.4 Å². The molecule has 0 aliphatic heterocycles. The molecule has 0 aromatic rings. The summed E-state index contributed by atoms with van der Waals surface area (Å²) >= 11 is 0. The first-order valence-corrected chi connectivity index (χ1v) is 7.98. The molecule has 0 fully saturated rings. The lowest BCUT2D eigenvalue weighted by Crippen LogP contribution is -2.51. The van der Waals surface area contributed by atoms with Gasteiger partial charge in [-0.25, -0.2) is 0 Å². The van der Waals surface area contributed by atoms with Crippen molar-refractivity contribution in [2.24, 2.45) is 11.5 Å². The van der Waals surface area contributed by atoms with E-state index in [9.17, 15) is 14.4 Å². The van der Waals surface area contributed by atoms with Crippen LogP contribution < -0.4 is 22.1 Å². The van der Waals surface area contributed by atoms with Crippen LogP contribution in [0.15, 0.2) is 0 Å². The number of hydrogen-bond acceptors (Lipinski definition) is 4. The molecular formula is C15H31ClN4O3. The Balaban J connectivity index is 0. The molecule has 0 bridgehead atoms. The van der Waals surface area contributed by atoms with E-state index in [0.29, 0.717) is 6.42 Å². The summed E-state index contributed by atoms with van der Waals surface area (Å²) in [7, 11) is 0. The Morgan fingerprint density at radius 3 is 2.17 bits per heavy atom. The third-order valence-electron chi connectivity index (χ3n) is 3.31. The van der Waals surface area contributed by atoms with E-state index in [-0.39, 0.29) is 37.3 Å². The minimum absolute atomic E-state index is 0. The van der Waals surface area contributed by atoms with Crippen LogP contribution in [-0.2, 0) is 14.4 Å². The quantitative estimate of drug-likeness (QED) is 0.384. The monoisotopic (exact) mass is 350 g/mol. The number of primary amides is 1. The van der Waals surface area contributed by atoms with Crippen LogP contribution in [0.1, 0.15) is 58.8 Å². The first-order chi connectivity index (χ1) is 10.4. The Morgan fingerprint density at radius 2 is 1.65 bits per heavy atom. The number of hydrogen-bond donors (Lipinski definition) is 4. The summed E-state index contributed by atoms with van der Waals surface area (Å²) in [4.78, 5) is 34.9. The van der Waals surface area contributed by atoms with Crippen molar-refractivity contribution in [1.29, 1.82) is 0 Å². The maximum Gasteiger partial charge on any atom is 0.243 e. The van der Waals surface area contributed by atoms with E-state index in [1.165, 1.54) is 0 Å². The highest BCUT2D eigenvalue weighted by Crippen LogP contribution is 2.05. The second-order valence-electron chi connectivity index (χ2n) is 5.60. The van der Waals surface area contributed by atoms with Crippen molar-refractivity contribution in [3.05, 3.63) is 0 Å². The van der Waals surface area contributed by atoms with Crippen molar-refractivity contribution in [3.8, 4) is 0 Å². The van der Waals surface area contributed by atoms with Gasteiger partial charge in [-0.15, -0.1) is 12.4 Å². The van der Waals surface area contributed by atoms with Crippen molar-refractivity contribution in [1.82, 2.24) is 10.6 Å². The predicted molar refractivity (Wildman–Crippen MR) is 93.0 cm³/mol. The van der Waals surface area contributed by atoms with Crippen LogP contribution in [0.2, 0.25) is 0 Å². The van der Waals surface area contributed by atoms with Gasteiger partial charge in [-0.05, 0) is 13.3 Å². The van der Waals surface area contributed by atoms with Crippen molar-refractivity contribution >= 4 is 30.1 Å². The van der Waals surface area contributed by atoms with Gasteiger partial charge in [0.15, 0.2) is 0 Å². The predicted octanol–water partition coefficient (Wildman–Crippen LogP) is 0.592. The number of rotatable bonds is 12. The Kier molecular flexibility index (Phi) is 14.8. The lowest BCUT2D eigenvalue weighted by molar-refractivity contribution is -0.131. The van der Waals surface area contributed by atoms with Crippen molar-refractivity contribution in [2.75, 3.05) is 6.54 Å². The van der Waals surface area contributed by atoms with Gasteiger partial charge in [-0.2, -0.15) is 0 Å². The zero-order valence-electron chi connectivity index (χ0n) is 14.1. The number of nitrogens with two attached hydrogens (primary N) is 2. The summed E-state index contributed by atoms with van der Waals surface area (Å²) in [6.45, 7) is 4.15. The normalized spacial score (nSPS) is 12.7. The fraction of sp³-hybridized carbons (Fsp3) is 0.800. The molecule has 0 aromatic carbocycles. The van der Waals surface area contributed by atoms with Crippen LogP contribution in [0.3, 0.4) is 0 Å². The number of carbonyl (C=O) groups excluding carboxylic acids is 3. The summed E-state index contributed by atoms with van der Waals surface area (Å²) in [5, 5.41) is 5.21. The van der Waals surface area contributed by atoms with E-state index in [4.69, 9.17) is 11.5 Å². The molecule has 0 heterocycles. The first kappa shape index (κ1) is 23.9. The van der Waals surface area contributed by atoms with Crippen molar-refractivity contribution in [3.63, 3.8) is 0 Å². The molecule has 0 saturated carbocycles. The lowest BCUT2D eigenvalue weighted by atomic mass is 10.1. The van der Waals surface area contributed by atoms with Crippen LogP contribution in [0.5, 0.6) is 0 Å². The molecule has 7 nitrogen and oxygen atoms in total. The number of nitrogens with one attached hydrogen (secondary N) is 2. The fourth-order valence-electron chi connectivity index (χ4n) is 1.97. The van der Waals surface area contributed by atoms with Gasteiger partial charge in [-0.3, -0.25) is 14.4 Å². The molecular weight excluding hydrogens is 320 g/mol. The van der Waals surface area contributed by atoms with Gasteiger partial charge in [0.25, 0.3) is 0 Å². The molecule has 0 radical (unpaired) electrons. The van der Waals surface area contributed by atoms with Crippen LogP contribution in [0.25, 0.3) is 0 Å². The number of halogens is 1. The second-order valence-corrected chi connectivity index (χ2v) is 5.60. The van der Waals surface area contributed by atoms with Crippen LogP contribution >= 0.6 is 12.4 Å². The van der Waals surface area contributed by atoms with E-state index in [1.54, 1.807) is 6.92 Å². The molecule has 0 rings (SSSR count). The van der Waals surface area contributed by atoms with Crippen molar-refractivity contribution in [2.45, 2.75) is 70.9 Å². The molecule has 0 aromatic heterocycles. The van der Waals surface area contributed by atoms with E-state index < -0.39 is 17.9 Å². The smallest absolute Gasteiger partial charge is 0.243 e. The first-order valence-electron chi connectivity index (χ1n) is 7.98. The van der Waals surface area contributed by atoms with E-state index in [1.807, 2.05) is 0 Å². The van der Waals surface area contributed by atoms with Gasteiger partial charge in [0.2, 0.25) is 17.7 Å². The SMILES string of the molecule is CCCCCCCC(=O)NC(CC(N)=O)C(=O)NC(C)CN.Cl. The third-order valence-corrected chi connectivity index (χ3v) is 3.31. The number of amides is 3. The van der Waals surface area contributed by atoms with Gasteiger partial charge in [0, 0.05) is 19.0 Å². The molecule has 2 atom stereocenters. The van der Waals surface area contributed by atoms with E-state index >= 15 is 0 Å². The highest BCUT2D eigenvalue weighted by molar-refractivity contribution is 5.91. The van der Waals surface area contributed by atoms with Gasteiger partial charge >= 0.3 is 0 Å². The topological polar surface area (TPSA) is 127 Å². The molecule has 2 unspecified atom stereocenters. The Hall–Kier alpha value is -1.34. The molecule has 0 spiro atoms. The highest BCUT2D eigenvalue weighted by atomic mass is 35.5. The molecule has 0 aliphatic rings. The second kappa shape index (κ2) is 14.3. The van der Waals surface area contributed by atoms with Crippen LogP contribution in [-0.4, -0.2) is 36.3 Å². The molecule has 23 heavy (non-hydrogen) atoms. The van der Waals surface area contributed by atoms with Gasteiger partial charge in [0.1, 0.15) is 6.04 Å². The zero-order valence-corrected chi connectivity index (χ0v) is 14.9. The maximum atomic E-state index is 12.0. The minimum atomic E-state index is -0.936. The number of unbranched alkanes of at least 4 members (excludes halogenated alkanes) is 4. The van der Waals surface area contributed by atoms with Gasteiger partial charge < -0.3 is 22.1 Å². The van der Waals surface area contributed by atoms with Crippen LogP contribution in [0.4, 0.5) is 0 Å². The zero-order chi connectivity index (χ0) is 17.0. The molecule has 136 valence electrons. The lowest BCUT2D eigenvalue weighted by Gasteiger charge is -2.19. The van der Waals surface area contributed by atoms with E-state index in [2.05, 4.69) is 17.6 Å².